The maximum atomic E-state index is 12.0. The first-order valence-corrected chi connectivity index (χ1v) is 8.25. The molecule has 0 aromatic carbocycles. The maximum Gasteiger partial charge on any atom is 0.239 e. The average Bonchev–Trinajstić information content (AvgIpc) is 2.95. The van der Waals surface area contributed by atoms with E-state index in [2.05, 4.69) is 10.3 Å². The van der Waals surface area contributed by atoms with E-state index in [4.69, 9.17) is 5.73 Å². The van der Waals surface area contributed by atoms with Crippen LogP contribution in [0.1, 0.15) is 29.8 Å². The van der Waals surface area contributed by atoms with E-state index in [9.17, 15) is 4.79 Å². The van der Waals surface area contributed by atoms with Gasteiger partial charge in [-0.3, -0.25) is 4.79 Å². The van der Waals surface area contributed by atoms with E-state index < -0.39 is 0 Å². The Labute approximate surface area is 127 Å². The van der Waals surface area contributed by atoms with Crippen molar-refractivity contribution in [3.63, 3.8) is 0 Å². The van der Waals surface area contributed by atoms with Crippen LogP contribution in [0, 0.1) is 0 Å². The molecule has 0 bridgehead atoms. The zero-order valence-electron chi connectivity index (χ0n) is 10.6. The molecule has 1 aliphatic heterocycles. The van der Waals surface area contributed by atoms with Gasteiger partial charge in [0, 0.05) is 10.9 Å². The molecule has 106 valence electrons. The third-order valence-electron chi connectivity index (χ3n) is 3.43. The molecule has 3 rings (SSSR count). The molecule has 3 N–H and O–H groups in total. The fraction of sp³-hybridized carbons (Fsp3) is 0.667. The lowest BCUT2D eigenvalue weighted by Gasteiger charge is -2.15. The average molecular weight is 320 g/mol. The first-order valence-electron chi connectivity index (χ1n) is 6.39. The highest BCUT2D eigenvalue weighted by Crippen LogP contribution is 2.31. The summed E-state index contributed by atoms with van der Waals surface area (Å²) in [4.78, 5) is 17.8. The normalized spacial score (nSPS) is 25.5. The van der Waals surface area contributed by atoms with Gasteiger partial charge in [0.25, 0.3) is 0 Å². The van der Waals surface area contributed by atoms with Crippen molar-refractivity contribution in [1.29, 1.82) is 0 Å². The number of nitrogens with two attached hydrogens (primary N) is 1. The van der Waals surface area contributed by atoms with Crippen molar-refractivity contribution < 1.29 is 4.79 Å². The van der Waals surface area contributed by atoms with Gasteiger partial charge in [-0.15, -0.1) is 35.5 Å². The van der Waals surface area contributed by atoms with Gasteiger partial charge in [-0.2, -0.15) is 0 Å². The lowest BCUT2D eigenvalue weighted by atomic mass is 9.99. The Kier molecular flexibility index (Phi) is 5.11. The Bertz CT molecular complexity index is 460. The van der Waals surface area contributed by atoms with E-state index in [0.717, 1.165) is 48.7 Å². The number of halogens is 1. The molecular formula is C12H18ClN3OS2. The number of rotatable bonds is 2. The number of aromatic nitrogens is 1. The van der Waals surface area contributed by atoms with E-state index in [0.29, 0.717) is 0 Å². The number of thiazole rings is 1. The summed E-state index contributed by atoms with van der Waals surface area (Å²) in [6.45, 7) is 0. The Morgan fingerprint density at radius 3 is 3.00 bits per heavy atom. The number of hydrogen-bond donors (Lipinski definition) is 2. The fourth-order valence-electron chi connectivity index (χ4n) is 2.42. The minimum Gasteiger partial charge on any atom is -0.327 e. The van der Waals surface area contributed by atoms with Crippen molar-refractivity contribution in [1.82, 2.24) is 4.98 Å². The third kappa shape index (κ3) is 3.42. The van der Waals surface area contributed by atoms with Gasteiger partial charge < -0.3 is 11.1 Å². The summed E-state index contributed by atoms with van der Waals surface area (Å²) in [5.41, 5.74) is 7.08. The summed E-state index contributed by atoms with van der Waals surface area (Å²) in [6.07, 6.45) is 4.99. The van der Waals surface area contributed by atoms with Crippen LogP contribution < -0.4 is 11.1 Å². The molecule has 4 nitrogen and oxygen atoms in total. The second kappa shape index (κ2) is 6.43. The quantitative estimate of drug-likeness (QED) is 0.877. The van der Waals surface area contributed by atoms with Crippen LogP contribution in [0.3, 0.4) is 0 Å². The number of amides is 1. The Morgan fingerprint density at radius 1 is 1.42 bits per heavy atom. The number of aryl methyl sites for hydroxylation is 1. The van der Waals surface area contributed by atoms with E-state index >= 15 is 0 Å². The molecule has 1 unspecified atom stereocenters. The largest absolute Gasteiger partial charge is 0.327 e. The zero-order chi connectivity index (χ0) is 12.5. The summed E-state index contributed by atoms with van der Waals surface area (Å²) < 4.78 is 0. The molecule has 1 amide bonds. The summed E-state index contributed by atoms with van der Waals surface area (Å²) in [5, 5.41) is 3.84. The molecule has 0 radical (unpaired) electrons. The molecule has 1 aromatic heterocycles. The standard InChI is InChI=1S/C12H17N3OS2.ClH/c13-7-3-4-8-10(6-7)18-12(14-8)15-11(16)9-2-1-5-17-9;/h7,9H,1-6,13H2,(H,14,15,16);1H/t7-,9?;/m0./s1. The van der Waals surface area contributed by atoms with Crippen LogP contribution in [0.4, 0.5) is 5.13 Å². The monoisotopic (exact) mass is 319 g/mol. The van der Waals surface area contributed by atoms with Crippen LogP contribution in [-0.4, -0.2) is 27.9 Å². The van der Waals surface area contributed by atoms with Gasteiger partial charge in [0.05, 0.1) is 10.9 Å². The summed E-state index contributed by atoms with van der Waals surface area (Å²) in [6, 6.07) is 0.256. The van der Waals surface area contributed by atoms with E-state index in [1.807, 2.05) is 0 Å². The number of anilines is 1. The zero-order valence-corrected chi connectivity index (χ0v) is 13.0. The molecule has 1 fully saturated rings. The Morgan fingerprint density at radius 2 is 2.26 bits per heavy atom. The number of fused-ring (bicyclic) bond motifs is 1. The molecule has 0 saturated carbocycles. The number of nitrogens with zero attached hydrogens (tertiary/aromatic N) is 1. The fourth-order valence-corrected chi connectivity index (χ4v) is 4.69. The second-order valence-corrected chi connectivity index (χ2v) is 7.28. The number of carbonyl (C=O) groups is 1. The van der Waals surface area contributed by atoms with Gasteiger partial charge in [0.15, 0.2) is 5.13 Å². The molecule has 1 saturated heterocycles. The predicted molar refractivity (Wildman–Crippen MR) is 83.5 cm³/mol. The summed E-state index contributed by atoms with van der Waals surface area (Å²) in [7, 11) is 0. The minimum absolute atomic E-state index is 0. The van der Waals surface area contributed by atoms with E-state index in [1.54, 1.807) is 23.1 Å². The highest BCUT2D eigenvalue weighted by atomic mass is 35.5. The van der Waals surface area contributed by atoms with E-state index in [1.165, 1.54) is 4.88 Å². The number of hydrogen-bond acceptors (Lipinski definition) is 5. The first kappa shape index (κ1) is 15.1. The van der Waals surface area contributed by atoms with Gasteiger partial charge in [-0.05, 0) is 37.9 Å². The third-order valence-corrected chi connectivity index (χ3v) is 5.84. The van der Waals surface area contributed by atoms with Crippen molar-refractivity contribution >= 4 is 46.5 Å². The number of thioether (sulfide) groups is 1. The molecule has 7 heteroatoms. The lowest BCUT2D eigenvalue weighted by molar-refractivity contribution is -0.115. The van der Waals surface area contributed by atoms with Crippen molar-refractivity contribution in [2.45, 2.75) is 43.4 Å². The molecule has 2 heterocycles. The summed E-state index contributed by atoms with van der Waals surface area (Å²) >= 11 is 3.34. The molecular weight excluding hydrogens is 302 g/mol. The first-order chi connectivity index (χ1) is 8.72. The van der Waals surface area contributed by atoms with Gasteiger partial charge in [-0.1, -0.05) is 0 Å². The van der Waals surface area contributed by atoms with Crippen LogP contribution in [0.2, 0.25) is 0 Å². The van der Waals surface area contributed by atoms with Crippen LogP contribution in [0.25, 0.3) is 0 Å². The smallest absolute Gasteiger partial charge is 0.239 e. The van der Waals surface area contributed by atoms with Gasteiger partial charge in [-0.25, -0.2) is 4.98 Å². The highest BCUT2D eigenvalue weighted by Gasteiger charge is 2.25. The maximum absolute atomic E-state index is 12.0. The SMILES string of the molecule is Cl.N[C@H]1CCc2nc(NC(=O)C3CCCS3)sc2C1. The Balaban J connectivity index is 0.00000133. The van der Waals surface area contributed by atoms with Crippen LogP contribution in [-0.2, 0) is 17.6 Å². The predicted octanol–water partition coefficient (Wildman–Crippen LogP) is 2.21. The van der Waals surface area contributed by atoms with Crippen LogP contribution in [0.5, 0.6) is 0 Å². The molecule has 1 aromatic rings. The summed E-state index contributed by atoms with van der Waals surface area (Å²) in [5.74, 6) is 1.22. The van der Waals surface area contributed by atoms with Gasteiger partial charge in [0.2, 0.25) is 5.91 Å². The second-order valence-electron chi connectivity index (χ2n) is 4.88. The van der Waals surface area contributed by atoms with Crippen molar-refractivity contribution in [3.8, 4) is 0 Å². The molecule has 0 spiro atoms. The molecule has 2 aliphatic rings. The van der Waals surface area contributed by atoms with Crippen molar-refractivity contribution in [2.75, 3.05) is 11.1 Å². The topological polar surface area (TPSA) is 68.0 Å². The van der Waals surface area contributed by atoms with E-state index in [-0.39, 0.29) is 29.6 Å². The van der Waals surface area contributed by atoms with Crippen molar-refractivity contribution in [3.05, 3.63) is 10.6 Å². The number of nitrogens with one attached hydrogen (secondary N) is 1. The molecule has 2 atom stereocenters. The minimum atomic E-state index is 0. The van der Waals surface area contributed by atoms with Gasteiger partial charge >= 0.3 is 0 Å². The lowest BCUT2D eigenvalue weighted by Crippen LogP contribution is -2.27. The highest BCUT2D eigenvalue weighted by molar-refractivity contribution is 8.00. The Hall–Kier alpha value is -0.300. The molecule has 19 heavy (non-hydrogen) atoms. The van der Waals surface area contributed by atoms with Crippen LogP contribution in [0.15, 0.2) is 0 Å². The van der Waals surface area contributed by atoms with Crippen LogP contribution >= 0.6 is 35.5 Å². The molecule has 1 aliphatic carbocycles. The van der Waals surface area contributed by atoms with Crippen molar-refractivity contribution in [2.24, 2.45) is 5.73 Å². The number of carbonyl (C=O) groups excluding carboxylic acids is 1. The van der Waals surface area contributed by atoms with Gasteiger partial charge in [0.1, 0.15) is 0 Å².